The Morgan fingerprint density at radius 2 is 2.00 bits per heavy atom. The van der Waals surface area contributed by atoms with E-state index in [4.69, 9.17) is 4.74 Å². The number of benzene rings is 2. The van der Waals surface area contributed by atoms with Crippen LogP contribution in [-0.2, 0) is 4.79 Å². The highest BCUT2D eigenvalue weighted by molar-refractivity contribution is 8.01. The zero-order chi connectivity index (χ0) is 18.2. The van der Waals surface area contributed by atoms with E-state index in [2.05, 4.69) is 15.5 Å². The zero-order valence-electron chi connectivity index (χ0n) is 14.1. The lowest BCUT2D eigenvalue weighted by Gasteiger charge is -2.00. The number of ether oxygens (including phenoxy) is 1. The molecule has 0 fully saturated rings. The van der Waals surface area contributed by atoms with Crippen LogP contribution in [0, 0.1) is 0 Å². The van der Waals surface area contributed by atoms with Crippen molar-refractivity contribution in [2.45, 2.75) is 4.34 Å². The van der Waals surface area contributed by atoms with Gasteiger partial charge in [0, 0.05) is 10.9 Å². The quantitative estimate of drug-likeness (QED) is 0.380. The van der Waals surface area contributed by atoms with Gasteiger partial charge < -0.3 is 4.74 Å². The van der Waals surface area contributed by atoms with Gasteiger partial charge in [0.1, 0.15) is 5.75 Å². The fourth-order valence-corrected chi connectivity index (χ4v) is 3.72. The van der Waals surface area contributed by atoms with Crippen LogP contribution >= 0.6 is 23.1 Å². The molecule has 0 bridgehead atoms. The largest absolute Gasteiger partial charge is 0.497 e. The molecule has 0 atom stereocenters. The van der Waals surface area contributed by atoms with Gasteiger partial charge in [0.05, 0.1) is 24.8 Å². The van der Waals surface area contributed by atoms with E-state index in [1.54, 1.807) is 13.3 Å². The van der Waals surface area contributed by atoms with E-state index in [1.807, 2.05) is 60.0 Å². The summed E-state index contributed by atoms with van der Waals surface area (Å²) in [4.78, 5) is 16.4. The van der Waals surface area contributed by atoms with Gasteiger partial charge in [-0.2, -0.15) is 5.10 Å². The minimum absolute atomic E-state index is 0.170. The Bertz CT molecular complexity index is 877. The van der Waals surface area contributed by atoms with E-state index in [0.29, 0.717) is 0 Å². The lowest BCUT2D eigenvalue weighted by atomic mass is 10.2. The van der Waals surface area contributed by atoms with Crippen LogP contribution in [0.4, 0.5) is 0 Å². The molecule has 0 radical (unpaired) electrons. The topological polar surface area (TPSA) is 63.6 Å². The van der Waals surface area contributed by atoms with E-state index in [1.165, 1.54) is 23.1 Å². The fourth-order valence-electron chi connectivity index (χ4n) is 2.09. The average Bonchev–Trinajstić information content (AvgIpc) is 3.17. The number of nitrogens with one attached hydrogen (secondary N) is 1. The van der Waals surface area contributed by atoms with Crippen molar-refractivity contribution in [2.75, 3.05) is 12.9 Å². The maximum absolute atomic E-state index is 11.9. The molecule has 1 heterocycles. The Labute approximate surface area is 160 Å². The summed E-state index contributed by atoms with van der Waals surface area (Å²) in [7, 11) is 1.62. The summed E-state index contributed by atoms with van der Waals surface area (Å²) in [6.07, 6.45) is 1.60. The van der Waals surface area contributed by atoms with Gasteiger partial charge in [0.25, 0.3) is 5.91 Å². The molecule has 26 heavy (non-hydrogen) atoms. The molecule has 0 spiro atoms. The SMILES string of the molecule is COc1ccc(/C=N/NC(=O)CSc2nc(-c3ccccc3)cs2)cc1. The van der Waals surface area contributed by atoms with Crippen LogP contribution < -0.4 is 10.2 Å². The molecule has 1 N–H and O–H groups in total. The van der Waals surface area contributed by atoms with Crippen LogP contribution in [0.3, 0.4) is 0 Å². The van der Waals surface area contributed by atoms with E-state index in [9.17, 15) is 4.79 Å². The van der Waals surface area contributed by atoms with Crippen LogP contribution in [0.5, 0.6) is 5.75 Å². The number of carbonyl (C=O) groups is 1. The molecule has 0 aliphatic carbocycles. The zero-order valence-corrected chi connectivity index (χ0v) is 15.7. The van der Waals surface area contributed by atoms with E-state index in [0.717, 1.165) is 26.9 Å². The molecule has 3 aromatic rings. The molecule has 0 saturated carbocycles. The van der Waals surface area contributed by atoms with Crippen LogP contribution in [0.15, 0.2) is 69.4 Å². The minimum Gasteiger partial charge on any atom is -0.497 e. The molecule has 0 aliphatic rings. The van der Waals surface area contributed by atoms with Crippen LogP contribution in [-0.4, -0.2) is 30.0 Å². The standard InChI is InChI=1S/C19H17N3O2S2/c1-24-16-9-7-14(8-10-16)11-20-22-18(23)13-26-19-21-17(12-25-19)15-5-3-2-4-6-15/h2-12H,13H2,1H3,(H,22,23)/b20-11+. The Kier molecular flexibility index (Phi) is 6.40. The van der Waals surface area contributed by atoms with Crippen LogP contribution in [0.25, 0.3) is 11.3 Å². The highest BCUT2D eigenvalue weighted by Gasteiger charge is 2.07. The van der Waals surface area contributed by atoms with Crippen molar-refractivity contribution in [1.29, 1.82) is 0 Å². The number of thioether (sulfide) groups is 1. The van der Waals surface area contributed by atoms with Crippen molar-refractivity contribution in [2.24, 2.45) is 5.10 Å². The molecular formula is C19H17N3O2S2. The Hall–Kier alpha value is -2.64. The second-order valence-electron chi connectivity index (χ2n) is 5.22. The first-order valence-electron chi connectivity index (χ1n) is 7.84. The van der Waals surface area contributed by atoms with Gasteiger partial charge in [-0.25, -0.2) is 10.4 Å². The van der Waals surface area contributed by atoms with Crippen molar-refractivity contribution >= 4 is 35.2 Å². The van der Waals surface area contributed by atoms with Crippen molar-refractivity contribution in [3.8, 4) is 17.0 Å². The highest BCUT2D eigenvalue weighted by atomic mass is 32.2. The van der Waals surface area contributed by atoms with Gasteiger partial charge >= 0.3 is 0 Å². The van der Waals surface area contributed by atoms with E-state index in [-0.39, 0.29) is 11.7 Å². The molecule has 0 aliphatic heterocycles. The fraction of sp³-hybridized carbons (Fsp3) is 0.105. The maximum Gasteiger partial charge on any atom is 0.250 e. The summed E-state index contributed by atoms with van der Waals surface area (Å²) >= 11 is 2.93. The monoisotopic (exact) mass is 383 g/mol. The summed E-state index contributed by atoms with van der Waals surface area (Å²) in [6, 6.07) is 17.4. The lowest BCUT2D eigenvalue weighted by Crippen LogP contribution is -2.19. The van der Waals surface area contributed by atoms with E-state index >= 15 is 0 Å². The third-order valence-corrected chi connectivity index (χ3v) is 5.42. The number of hydrogen-bond donors (Lipinski definition) is 1. The van der Waals surface area contributed by atoms with Crippen molar-refractivity contribution in [1.82, 2.24) is 10.4 Å². The lowest BCUT2D eigenvalue weighted by molar-refractivity contribution is -0.118. The molecule has 7 heteroatoms. The number of nitrogens with zero attached hydrogens (tertiary/aromatic N) is 2. The normalized spacial score (nSPS) is 10.8. The van der Waals surface area contributed by atoms with Gasteiger partial charge in [0.15, 0.2) is 4.34 Å². The summed E-state index contributed by atoms with van der Waals surface area (Å²) in [5.74, 6) is 0.874. The maximum atomic E-state index is 11.9. The van der Waals surface area contributed by atoms with Crippen LogP contribution in [0.2, 0.25) is 0 Å². The predicted molar refractivity (Wildman–Crippen MR) is 107 cm³/mol. The third kappa shape index (κ3) is 5.18. The highest BCUT2D eigenvalue weighted by Crippen LogP contribution is 2.27. The summed E-state index contributed by atoms with van der Waals surface area (Å²) < 4.78 is 5.95. The van der Waals surface area contributed by atoms with Crippen molar-refractivity contribution in [3.63, 3.8) is 0 Å². The Morgan fingerprint density at radius 1 is 1.23 bits per heavy atom. The number of hydrogen-bond acceptors (Lipinski definition) is 6. The molecular weight excluding hydrogens is 366 g/mol. The van der Waals surface area contributed by atoms with Gasteiger partial charge in [-0.1, -0.05) is 42.1 Å². The number of hydrazone groups is 1. The first kappa shape index (κ1) is 18.2. The van der Waals surface area contributed by atoms with Gasteiger partial charge in [-0.05, 0) is 29.8 Å². The number of thiazole rings is 1. The first-order chi connectivity index (χ1) is 12.7. The molecule has 0 saturated heterocycles. The van der Waals surface area contributed by atoms with Crippen LogP contribution in [0.1, 0.15) is 5.56 Å². The molecule has 5 nitrogen and oxygen atoms in total. The summed E-state index contributed by atoms with van der Waals surface area (Å²) in [6.45, 7) is 0. The third-order valence-electron chi connectivity index (χ3n) is 3.40. The number of rotatable bonds is 7. The molecule has 2 aromatic carbocycles. The van der Waals surface area contributed by atoms with Gasteiger partial charge in [0.2, 0.25) is 0 Å². The van der Waals surface area contributed by atoms with Crippen molar-refractivity contribution < 1.29 is 9.53 Å². The first-order valence-corrected chi connectivity index (χ1v) is 9.71. The molecule has 1 aromatic heterocycles. The summed E-state index contributed by atoms with van der Waals surface area (Å²) in [5.41, 5.74) is 5.40. The minimum atomic E-state index is -0.170. The number of aromatic nitrogens is 1. The number of methoxy groups -OCH3 is 1. The second-order valence-corrected chi connectivity index (χ2v) is 7.30. The Morgan fingerprint density at radius 3 is 2.73 bits per heavy atom. The van der Waals surface area contributed by atoms with Gasteiger partial charge in [-0.15, -0.1) is 11.3 Å². The average molecular weight is 383 g/mol. The Balaban J connectivity index is 1.46. The molecule has 0 unspecified atom stereocenters. The second kappa shape index (κ2) is 9.17. The summed E-state index contributed by atoms with van der Waals surface area (Å²) in [5, 5.41) is 5.96. The smallest absolute Gasteiger partial charge is 0.250 e. The number of carbonyl (C=O) groups excluding carboxylic acids is 1. The van der Waals surface area contributed by atoms with Gasteiger partial charge in [-0.3, -0.25) is 4.79 Å². The molecule has 1 amide bonds. The van der Waals surface area contributed by atoms with Crippen molar-refractivity contribution in [3.05, 3.63) is 65.5 Å². The predicted octanol–water partition coefficient (Wildman–Crippen LogP) is 4.06. The molecule has 132 valence electrons. The number of amides is 1. The molecule has 3 rings (SSSR count). The van der Waals surface area contributed by atoms with E-state index < -0.39 is 0 Å².